The molecule has 0 bridgehead atoms. The second kappa shape index (κ2) is 2.83. The van der Waals surface area contributed by atoms with Crippen molar-refractivity contribution >= 4 is 5.84 Å². The van der Waals surface area contributed by atoms with Crippen LogP contribution in [-0.2, 0) is 0 Å². The van der Waals surface area contributed by atoms with Crippen LogP contribution >= 0.6 is 0 Å². The Morgan fingerprint density at radius 1 is 1.80 bits per heavy atom. The number of rotatable bonds is 1. The van der Waals surface area contributed by atoms with Crippen molar-refractivity contribution in [2.24, 2.45) is 16.8 Å². The van der Waals surface area contributed by atoms with Crippen LogP contribution in [0.2, 0.25) is 0 Å². The zero-order valence-electron chi connectivity index (χ0n) is 5.20. The summed E-state index contributed by atoms with van der Waals surface area (Å²) in [7, 11) is 0. The first-order valence-electron chi connectivity index (χ1n) is 2.61. The minimum Gasteiger partial charge on any atom is -0.342 e. The van der Waals surface area contributed by atoms with Crippen molar-refractivity contribution in [3.63, 3.8) is 0 Å². The molecule has 0 fully saturated rings. The number of nitrogens with zero attached hydrogens (tertiary/aromatic N) is 2. The van der Waals surface area contributed by atoms with E-state index in [1.54, 1.807) is 6.20 Å². The molecular formula is C4H8N6. The lowest BCUT2D eigenvalue weighted by atomic mass is 10.4. The predicted molar refractivity (Wildman–Crippen MR) is 36.6 cm³/mol. The van der Waals surface area contributed by atoms with E-state index in [0.717, 1.165) is 0 Å². The Kier molecular flexibility index (Phi) is 1.86. The number of hydrogen-bond acceptors (Lipinski definition) is 4. The Balaban J connectivity index is 2.85. The van der Waals surface area contributed by atoms with Crippen molar-refractivity contribution < 1.29 is 0 Å². The zero-order chi connectivity index (χ0) is 7.40. The van der Waals surface area contributed by atoms with Crippen LogP contribution < -0.4 is 17.1 Å². The molecule has 0 aliphatic carbocycles. The van der Waals surface area contributed by atoms with Gasteiger partial charge in [0.25, 0.3) is 0 Å². The lowest BCUT2D eigenvalue weighted by Gasteiger charge is -1.97. The lowest BCUT2D eigenvalue weighted by Crippen LogP contribution is -2.32. The van der Waals surface area contributed by atoms with Gasteiger partial charge in [-0.25, -0.2) is 10.8 Å². The molecule has 1 aromatic rings. The Labute approximate surface area is 57.3 Å². The summed E-state index contributed by atoms with van der Waals surface area (Å²) < 4.78 is 0. The molecule has 6 heteroatoms. The van der Waals surface area contributed by atoms with Crippen molar-refractivity contribution in [2.45, 2.75) is 0 Å². The van der Waals surface area contributed by atoms with Gasteiger partial charge in [-0.05, 0) is 0 Å². The molecular weight excluding hydrogens is 132 g/mol. The highest BCUT2D eigenvalue weighted by Gasteiger charge is 1.99. The van der Waals surface area contributed by atoms with Crippen LogP contribution in [0.1, 0.15) is 5.69 Å². The monoisotopic (exact) mass is 140 g/mol. The normalized spacial score (nSPS) is 11.5. The van der Waals surface area contributed by atoms with Crippen molar-refractivity contribution in [1.29, 1.82) is 0 Å². The zero-order valence-corrected chi connectivity index (χ0v) is 5.20. The first kappa shape index (κ1) is 6.56. The topological polar surface area (TPSA) is 105 Å². The van der Waals surface area contributed by atoms with Gasteiger partial charge >= 0.3 is 0 Å². The lowest BCUT2D eigenvalue weighted by molar-refractivity contribution is 0.995. The maximum absolute atomic E-state index is 5.07. The van der Waals surface area contributed by atoms with Gasteiger partial charge in [-0.1, -0.05) is 0 Å². The molecule has 0 aliphatic heterocycles. The van der Waals surface area contributed by atoms with Gasteiger partial charge in [-0.15, -0.1) is 0 Å². The standard InChI is InChI=1S/C4H8N6/c5-9-4(10-6)3-1-7-2-8-3/h1-2H,5-6H2,(H,7,8)(H,9,10). The molecule has 0 atom stereocenters. The molecule has 0 saturated carbocycles. The van der Waals surface area contributed by atoms with Crippen LogP contribution in [0.3, 0.4) is 0 Å². The number of nitrogens with one attached hydrogen (secondary N) is 2. The van der Waals surface area contributed by atoms with Gasteiger partial charge in [0, 0.05) is 0 Å². The van der Waals surface area contributed by atoms with E-state index in [1.165, 1.54) is 6.33 Å². The fourth-order valence-electron chi connectivity index (χ4n) is 0.570. The molecule has 6 N–H and O–H groups in total. The van der Waals surface area contributed by atoms with Crippen LogP contribution in [-0.4, -0.2) is 15.8 Å². The van der Waals surface area contributed by atoms with E-state index in [4.69, 9.17) is 11.7 Å². The number of aromatic nitrogens is 2. The first-order chi connectivity index (χ1) is 4.88. The number of hydrogen-bond donors (Lipinski definition) is 4. The fourth-order valence-corrected chi connectivity index (χ4v) is 0.570. The van der Waals surface area contributed by atoms with Gasteiger partial charge in [0.15, 0.2) is 5.84 Å². The molecule has 0 aliphatic rings. The second-order valence-corrected chi connectivity index (χ2v) is 1.59. The van der Waals surface area contributed by atoms with E-state index in [2.05, 4.69) is 20.5 Å². The van der Waals surface area contributed by atoms with E-state index in [9.17, 15) is 0 Å². The number of hydrazine groups is 1. The van der Waals surface area contributed by atoms with Crippen molar-refractivity contribution in [3.8, 4) is 0 Å². The SMILES string of the molecule is N/N=C(\NN)c1cnc[nH]1. The van der Waals surface area contributed by atoms with Gasteiger partial charge in [0.2, 0.25) is 0 Å². The molecule has 0 spiro atoms. The second-order valence-electron chi connectivity index (χ2n) is 1.59. The molecule has 0 unspecified atom stereocenters. The van der Waals surface area contributed by atoms with E-state index < -0.39 is 0 Å². The van der Waals surface area contributed by atoms with Gasteiger partial charge in [-0.2, -0.15) is 5.10 Å². The largest absolute Gasteiger partial charge is 0.342 e. The predicted octanol–water partition coefficient (Wildman–Crippen LogP) is -1.51. The summed E-state index contributed by atoms with van der Waals surface area (Å²) in [5.74, 6) is 10.4. The van der Waals surface area contributed by atoms with E-state index in [1.807, 2.05) is 0 Å². The highest BCUT2D eigenvalue weighted by atomic mass is 15.3. The van der Waals surface area contributed by atoms with Gasteiger partial charge in [0.05, 0.1) is 12.5 Å². The Bertz CT molecular complexity index is 212. The molecule has 1 heterocycles. The summed E-state index contributed by atoms with van der Waals surface area (Å²) in [6.45, 7) is 0. The fraction of sp³-hybridized carbons (Fsp3) is 0. The van der Waals surface area contributed by atoms with Gasteiger partial charge < -0.3 is 16.3 Å². The van der Waals surface area contributed by atoms with Crippen LogP contribution in [0.15, 0.2) is 17.6 Å². The van der Waals surface area contributed by atoms with Crippen molar-refractivity contribution in [3.05, 3.63) is 18.2 Å². The van der Waals surface area contributed by atoms with E-state index >= 15 is 0 Å². The van der Waals surface area contributed by atoms with Gasteiger partial charge in [-0.3, -0.25) is 0 Å². The van der Waals surface area contributed by atoms with Crippen LogP contribution in [0.5, 0.6) is 0 Å². The molecule has 1 rings (SSSR count). The first-order valence-corrected chi connectivity index (χ1v) is 2.61. The molecule has 10 heavy (non-hydrogen) atoms. The highest BCUT2D eigenvalue weighted by Crippen LogP contribution is 1.88. The average Bonchev–Trinajstić information content (AvgIpc) is 2.43. The number of hydrazone groups is 1. The number of aromatic amines is 1. The minimum atomic E-state index is 0.373. The highest BCUT2D eigenvalue weighted by molar-refractivity contribution is 5.96. The number of amidine groups is 1. The third-order valence-electron chi connectivity index (χ3n) is 1.02. The maximum Gasteiger partial charge on any atom is 0.184 e. The molecule has 0 aromatic carbocycles. The number of nitrogens with two attached hydrogens (primary N) is 2. The van der Waals surface area contributed by atoms with Crippen molar-refractivity contribution in [2.75, 3.05) is 0 Å². The van der Waals surface area contributed by atoms with Gasteiger partial charge in [0.1, 0.15) is 5.69 Å². The van der Waals surface area contributed by atoms with E-state index in [0.29, 0.717) is 11.5 Å². The summed E-state index contributed by atoms with van der Waals surface area (Å²) in [4.78, 5) is 6.53. The molecule has 0 amide bonds. The third kappa shape index (κ3) is 1.06. The quantitative estimate of drug-likeness (QED) is 0.165. The summed E-state index contributed by atoms with van der Waals surface area (Å²) >= 11 is 0. The summed E-state index contributed by atoms with van der Waals surface area (Å²) in [6, 6.07) is 0. The molecule has 54 valence electrons. The van der Waals surface area contributed by atoms with E-state index in [-0.39, 0.29) is 0 Å². The summed E-state index contributed by atoms with van der Waals surface area (Å²) in [5, 5.41) is 3.36. The summed E-state index contributed by atoms with van der Waals surface area (Å²) in [5.41, 5.74) is 2.97. The van der Waals surface area contributed by atoms with Crippen LogP contribution in [0.25, 0.3) is 0 Å². The smallest absolute Gasteiger partial charge is 0.184 e. The van der Waals surface area contributed by atoms with Crippen LogP contribution in [0, 0.1) is 0 Å². The Morgan fingerprint density at radius 2 is 2.60 bits per heavy atom. The molecule has 6 nitrogen and oxygen atoms in total. The molecule has 1 aromatic heterocycles. The van der Waals surface area contributed by atoms with Crippen LogP contribution in [0.4, 0.5) is 0 Å². The third-order valence-corrected chi connectivity index (χ3v) is 1.02. The Morgan fingerprint density at radius 3 is 3.00 bits per heavy atom. The van der Waals surface area contributed by atoms with Crippen molar-refractivity contribution in [1.82, 2.24) is 15.4 Å². The molecule has 0 radical (unpaired) electrons. The average molecular weight is 140 g/mol. The Hall–Kier alpha value is -1.56. The maximum atomic E-state index is 5.07. The minimum absolute atomic E-state index is 0.373. The summed E-state index contributed by atoms with van der Waals surface area (Å²) in [6.07, 6.45) is 3.07. The number of H-pyrrole nitrogens is 1. The molecule has 0 saturated heterocycles. The number of imidazole rings is 1.